The van der Waals surface area contributed by atoms with Gasteiger partial charge in [-0.3, -0.25) is 9.59 Å². The minimum Gasteiger partial charge on any atom is -0.453 e. The molecule has 26 heavy (non-hydrogen) atoms. The number of para-hydroxylation sites is 2. The normalized spacial score (nSPS) is 16.8. The van der Waals surface area contributed by atoms with Crippen LogP contribution in [-0.2, 0) is 20.7 Å². The van der Waals surface area contributed by atoms with E-state index in [9.17, 15) is 9.59 Å². The van der Waals surface area contributed by atoms with Crippen molar-refractivity contribution < 1.29 is 18.7 Å². The summed E-state index contributed by atoms with van der Waals surface area (Å²) in [5.74, 6) is -0.137. The van der Waals surface area contributed by atoms with E-state index in [0.717, 1.165) is 31.2 Å². The lowest BCUT2D eigenvalue weighted by atomic mass is 10.1. The minimum atomic E-state index is -0.783. The Balaban J connectivity index is 1.43. The Kier molecular flexibility index (Phi) is 6.26. The van der Waals surface area contributed by atoms with Gasteiger partial charge >= 0.3 is 5.97 Å². The first-order chi connectivity index (χ1) is 12.6. The Morgan fingerprint density at radius 2 is 1.96 bits per heavy atom. The van der Waals surface area contributed by atoms with Crippen LogP contribution in [-0.4, -0.2) is 29.0 Å². The van der Waals surface area contributed by atoms with Gasteiger partial charge in [-0.25, -0.2) is 4.98 Å². The Bertz CT molecular complexity index is 714. The number of aryl methyl sites for hydroxylation is 1. The highest BCUT2D eigenvalue weighted by molar-refractivity contribution is 5.83. The zero-order chi connectivity index (χ0) is 18.4. The molecule has 0 saturated heterocycles. The number of oxazole rings is 1. The highest BCUT2D eigenvalue weighted by Gasteiger charge is 2.22. The Morgan fingerprint density at radius 1 is 1.23 bits per heavy atom. The standard InChI is InChI=1S/C20H26N2O4/c1-14(20(24)21-15-8-4-2-3-5-9-15)25-19(23)13-12-18-22-16-10-6-7-11-17(16)26-18/h6-7,10-11,14-15H,2-5,8-9,12-13H2,1H3,(H,21,24)/t14-/m0/s1. The molecule has 2 aromatic rings. The van der Waals surface area contributed by atoms with Crippen molar-refractivity contribution in [3.63, 3.8) is 0 Å². The quantitative estimate of drug-likeness (QED) is 0.631. The first kappa shape index (κ1) is 18.4. The molecule has 0 unspecified atom stereocenters. The topological polar surface area (TPSA) is 81.4 Å². The van der Waals surface area contributed by atoms with Crippen molar-refractivity contribution in [2.24, 2.45) is 0 Å². The van der Waals surface area contributed by atoms with Gasteiger partial charge in [0, 0.05) is 12.5 Å². The van der Waals surface area contributed by atoms with Crippen LogP contribution in [0.3, 0.4) is 0 Å². The number of benzene rings is 1. The van der Waals surface area contributed by atoms with Gasteiger partial charge in [0.05, 0.1) is 6.42 Å². The number of nitrogens with one attached hydrogen (secondary N) is 1. The van der Waals surface area contributed by atoms with Crippen LogP contribution < -0.4 is 5.32 Å². The lowest BCUT2D eigenvalue weighted by Gasteiger charge is -2.19. The van der Waals surface area contributed by atoms with E-state index in [1.807, 2.05) is 24.3 Å². The van der Waals surface area contributed by atoms with Gasteiger partial charge < -0.3 is 14.5 Å². The molecule has 0 spiro atoms. The van der Waals surface area contributed by atoms with Crippen LogP contribution in [0.1, 0.15) is 57.8 Å². The van der Waals surface area contributed by atoms with E-state index >= 15 is 0 Å². The molecule has 0 aliphatic heterocycles. The van der Waals surface area contributed by atoms with Gasteiger partial charge in [0.1, 0.15) is 5.52 Å². The third-order valence-electron chi connectivity index (χ3n) is 4.76. The molecule has 0 radical (unpaired) electrons. The van der Waals surface area contributed by atoms with Crippen LogP contribution >= 0.6 is 0 Å². The Labute approximate surface area is 153 Å². The van der Waals surface area contributed by atoms with E-state index in [2.05, 4.69) is 10.3 Å². The van der Waals surface area contributed by atoms with Crippen molar-refractivity contribution >= 4 is 23.0 Å². The number of fused-ring (bicyclic) bond motifs is 1. The smallest absolute Gasteiger partial charge is 0.307 e. The van der Waals surface area contributed by atoms with Gasteiger partial charge in [-0.05, 0) is 31.9 Å². The zero-order valence-corrected chi connectivity index (χ0v) is 15.2. The first-order valence-corrected chi connectivity index (χ1v) is 9.46. The molecule has 1 atom stereocenters. The fourth-order valence-electron chi connectivity index (χ4n) is 3.29. The minimum absolute atomic E-state index is 0.133. The van der Waals surface area contributed by atoms with Crippen LogP contribution in [0.25, 0.3) is 11.1 Å². The highest BCUT2D eigenvalue weighted by atomic mass is 16.5. The van der Waals surface area contributed by atoms with E-state index in [1.165, 1.54) is 12.8 Å². The molecule has 0 bridgehead atoms. The number of ether oxygens (including phenoxy) is 1. The molecule has 1 aromatic heterocycles. The molecule has 6 nitrogen and oxygen atoms in total. The second kappa shape index (κ2) is 8.83. The molecular formula is C20H26N2O4. The van der Waals surface area contributed by atoms with Crippen LogP contribution in [0.5, 0.6) is 0 Å². The number of nitrogens with zero attached hydrogens (tertiary/aromatic N) is 1. The first-order valence-electron chi connectivity index (χ1n) is 9.46. The van der Waals surface area contributed by atoms with E-state index in [1.54, 1.807) is 6.92 Å². The fraction of sp³-hybridized carbons (Fsp3) is 0.550. The average molecular weight is 358 g/mol. The van der Waals surface area contributed by atoms with Crippen molar-refractivity contribution in [3.05, 3.63) is 30.2 Å². The van der Waals surface area contributed by atoms with Crippen LogP contribution in [0.4, 0.5) is 0 Å². The highest BCUT2D eigenvalue weighted by Crippen LogP contribution is 2.18. The summed E-state index contributed by atoms with van der Waals surface area (Å²) in [5, 5.41) is 3.01. The maximum atomic E-state index is 12.2. The lowest BCUT2D eigenvalue weighted by Crippen LogP contribution is -2.41. The predicted octanol–water partition coefficient (Wildman–Crippen LogP) is 3.53. The van der Waals surface area contributed by atoms with Crippen molar-refractivity contribution in [1.29, 1.82) is 0 Å². The summed E-state index contributed by atoms with van der Waals surface area (Å²) < 4.78 is 10.8. The van der Waals surface area contributed by atoms with Crippen molar-refractivity contribution in [2.45, 2.75) is 70.4 Å². The van der Waals surface area contributed by atoms with Gasteiger partial charge in [-0.1, -0.05) is 37.8 Å². The number of hydrogen-bond donors (Lipinski definition) is 1. The summed E-state index contributed by atoms with van der Waals surface area (Å²) in [4.78, 5) is 28.6. The van der Waals surface area contributed by atoms with Gasteiger partial charge in [0.25, 0.3) is 5.91 Å². The number of amides is 1. The Morgan fingerprint density at radius 3 is 2.69 bits per heavy atom. The zero-order valence-electron chi connectivity index (χ0n) is 15.2. The van der Waals surface area contributed by atoms with Gasteiger partial charge in [0.2, 0.25) is 0 Å². The largest absolute Gasteiger partial charge is 0.453 e. The van der Waals surface area contributed by atoms with Crippen LogP contribution in [0.2, 0.25) is 0 Å². The van der Waals surface area contributed by atoms with Crippen LogP contribution in [0, 0.1) is 0 Å². The molecule has 1 saturated carbocycles. The molecule has 1 aromatic carbocycles. The monoisotopic (exact) mass is 358 g/mol. The summed E-state index contributed by atoms with van der Waals surface area (Å²) in [5.41, 5.74) is 1.47. The molecule has 1 aliphatic rings. The second-order valence-electron chi connectivity index (χ2n) is 6.90. The molecule has 1 heterocycles. The van der Waals surface area contributed by atoms with Gasteiger partial charge in [-0.2, -0.15) is 0 Å². The molecule has 1 aliphatic carbocycles. The number of aromatic nitrogens is 1. The molecular weight excluding hydrogens is 332 g/mol. The summed E-state index contributed by atoms with van der Waals surface area (Å²) in [7, 11) is 0. The maximum absolute atomic E-state index is 12.2. The van der Waals surface area contributed by atoms with Crippen LogP contribution in [0.15, 0.2) is 28.7 Å². The summed E-state index contributed by atoms with van der Waals surface area (Å²) in [6, 6.07) is 7.66. The SMILES string of the molecule is C[C@H](OC(=O)CCc1nc2ccccc2o1)C(=O)NC1CCCCCC1. The summed E-state index contributed by atoms with van der Waals surface area (Å²) in [6.45, 7) is 1.61. The summed E-state index contributed by atoms with van der Waals surface area (Å²) >= 11 is 0. The van der Waals surface area contributed by atoms with Crippen molar-refractivity contribution in [2.75, 3.05) is 0 Å². The molecule has 3 rings (SSSR count). The van der Waals surface area contributed by atoms with E-state index < -0.39 is 12.1 Å². The Hall–Kier alpha value is -2.37. The molecule has 6 heteroatoms. The van der Waals surface area contributed by atoms with E-state index in [-0.39, 0.29) is 18.4 Å². The third kappa shape index (κ3) is 5.07. The fourth-order valence-corrected chi connectivity index (χ4v) is 3.29. The average Bonchev–Trinajstić information content (AvgIpc) is 2.88. The van der Waals surface area contributed by atoms with Crippen molar-refractivity contribution in [1.82, 2.24) is 10.3 Å². The van der Waals surface area contributed by atoms with Gasteiger partial charge in [-0.15, -0.1) is 0 Å². The maximum Gasteiger partial charge on any atom is 0.307 e. The molecule has 140 valence electrons. The lowest BCUT2D eigenvalue weighted by molar-refractivity contribution is -0.155. The van der Waals surface area contributed by atoms with Crippen molar-refractivity contribution in [3.8, 4) is 0 Å². The van der Waals surface area contributed by atoms with Gasteiger partial charge in [0.15, 0.2) is 17.6 Å². The summed E-state index contributed by atoms with van der Waals surface area (Å²) in [6.07, 6.45) is 6.45. The number of rotatable bonds is 6. The molecule has 1 amide bonds. The number of carbonyl (C=O) groups is 2. The molecule has 1 N–H and O–H groups in total. The third-order valence-corrected chi connectivity index (χ3v) is 4.76. The number of hydrogen-bond acceptors (Lipinski definition) is 5. The van der Waals surface area contributed by atoms with E-state index in [0.29, 0.717) is 17.9 Å². The predicted molar refractivity (Wildman–Crippen MR) is 97.5 cm³/mol. The number of esters is 1. The number of carbonyl (C=O) groups excluding carboxylic acids is 2. The second-order valence-corrected chi connectivity index (χ2v) is 6.90. The molecule has 1 fully saturated rings. The van der Waals surface area contributed by atoms with E-state index in [4.69, 9.17) is 9.15 Å².